The second-order valence-electron chi connectivity index (χ2n) is 6.58. The molecule has 2 unspecified atom stereocenters. The molecule has 0 saturated carbocycles. The van der Waals surface area contributed by atoms with Crippen LogP contribution in [0.3, 0.4) is 0 Å². The number of halogens is 1. The Morgan fingerprint density at radius 2 is 1.61 bits per heavy atom. The second-order valence-corrected chi connectivity index (χ2v) is 8.90. The molecule has 0 spiro atoms. The first-order valence-electron chi connectivity index (χ1n) is 8.41. The molecule has 1 amide bonds. The number of carbonyl (C=O) groups excluding carboxylic acids is 1. The van der Waals surface area contributed by atoms with Gasteiger partial charge in [0.05, 0.1) is 15.7 Å². The molecule has 0 aliphatic carbocycles. The molecule has 1 aromatic heterocycles. The average molecular weight is 419 g/mol. The zero-order valence-corrected chi connectivity index (χ0v) is 16.6. The van der Waals surface area contributed by atoms with Gasteiger partial charge in [0.1, 0.15) is 0 Å². The van der Waals surface area contributed by atoms with Crippen molar-refractivity contribution in [1.29, 1.82) is 0 Å². The Hall–Kier alpha value is -2.61. The van der Waals surface area contributed by atoms with Gasteiger partial charge in [0, 0.05) is 23.7 Å². The molecule has 1 heterocycles. The summed E-state index contributed by atoms with van der Waals surface area (Å²) in [4.78, 5) is 12.0. The molecule has 0 bridgehead atoms. The molecule has 6 nitrogen and oxygen atoms in total. The van der Waals surface area contributed by atoms with Crippen molar-refractivity contribution in [2.24, 2.45) is 5.73 Å². The Kier molecular flexibility index (Phi) is 5.34. The fraction of sp³-hybridized carbons (Fsp3) is 0.150. The number of sulfone groups is 1. The van der Waals surface area contributed by atoms with E-state index >= 15 is 0 Å². The van der Waals surface area contributed by atoms with Crippen LogP contribution in [-0.4, -0.2) is 29.1 Å². The summed E-state index contributed by atoms with van der Waals surface area (Å²) < 4.78 is 26.9. The maximum atomic E-state index is 12.9. The van der Waals surface area contributed by atoms with Crippen molar-refractivity contribution in [3.8, 4) is 0 Å². The number of hydrogen-bond donors (Lipinski definition) is 2. The van der Waals surface area contributed by atoms with Crippen LogP contribution in [-0.2, 0) is 14.6 Å². The maximum absolute atomic E-state index is 12.9. The quantitative estimate of drug-likeness (QED) is 0.642. The molecule has 0 saturated heterocycles. The molecular formula is C20H19ClN2O4S. The number of aromatic nitrogens is 1. The van der Waals surface area contributed by atoms with Crippen molar-refractivity contribution in [1.82, 2.24) is 4.09 Å². The van der Waals surface area contributed by atoms with Gasteiger partial charge < -0.3 is 10.8 Å². The summed E-state index contributed by atoms with van der Waals surface area (Å²) in [6.07, 6.45) is 1.24. The SMILES string of the molecule is CC(O)(C(N)=O)C(c1ccccc1)c1cc(S(=O)(=O)c2ccccc2)cn1Cl. The second kappa shape index (κ2) is 7.43. The number of aliphatic hydroxyl groups is 1. The minimum atomic E-state index is -3.83. The third-order valence-corrected chi connectivity index (χ3v) is 6.66. The molecule has 28 heavy (non-hydrogen) atoms. The molecule has 3 N–H and O–H groups in total. The minimum Gasteiger partial charge on any atom is -0.379 e. The summed E-state index contributed by atoms with van der Waals surface area (Å²) in [6.45, 7) is 1.28. The molecule has 3 rings (SSSR count). The summed E-state index contributed by atoms with van der Waals surface area (Å²) in [6, 6.07) is 17.9. The van der Waals surface area contributed by atoms with Gasteiger partial charge in [-0.25, -0.2) is 8.42 Å². The number of rotatable bonds is 6. The predicted molar refractivity (Wildman–Crippen MR) is 106 cm³/mol. The third-order valence-electron chi connectivity index (χ3n) is 4.63. The van der Waals surface area contributed by atoms with E-state index in [2.05, 4.69) is 0 Å². The van der Waals surface area contributed by atoms with E-state index in [1.165, 1.54) is 31.3 Å². The lowest BCUT2D eigenvalue weighted by molar-refractivity contribution is -0.135. The molecule has 8 heteroatoms. The molecule has 0 aliphatic rings. The van der Waals surface area contributed by atoms with E-state index < -0.39 is 27.3 Å². The van der Waals surface area contributed by atoms with Crippen LogP contribution in [0.5, 0.6) is 0 Å². The highest BCUT2D eigenvalue weighted by atomic mass is 35.5. The van der Waals surface area contributed by atoms with Gasteiger partial charge in [-0.1, -0.05) is 48.5 Å². The normalized spacial score (nSPS) is 15.0. The molecule has 146 valence electrons. The van der Waals surface area contributed by atoms with Crippen LogP contribution < -0.4 is 5.73 Å². The van der Waals surface area contributed by atoms with Crippen molar-refractivity contribution in [3.63, 3.8) is 0 Å². The lowest BCUT2D eigenvalue weighted by Gasteiger charge is -2.30. The molecule has 0 radical (unpaired) electrons. The van der Waals surface area contributed by atoms with E-state index in [0.29, 0.717) is 5.56 Å². The zero-order chi connectivity index (χ0) is 20.5. The van der Waals surface area contributed by atoms with Crippen LogP contribution in [0.25, 0.3) is 0 Å². The summed E-state index contributed by atoms with van der Waals surface area (Å²) in [5.41, 5.74) is 4.21. The van der Waals surface area contributed by atoms with E-state index in [-0.39, 0.29) is 15.5 Å². The first kappa shape index (κ1) is 20.1. The Bertz CT molecular complexity index is 1090. The van der Waals surface area contributed by atoms with Crippen LogP contribution in [0.15, 0.2) is 82.7 Å². The van der Waals surface area contributed by atoms with Crippen LogP contribution in [0.1, 0.15) is 24.1 Å². The number of benzene rings is 2. The average Bonchev–Trinajstić information content (AvgIpc) is 3.05. The summed E-state index contributed by atoms with van der Waals surface area (Å²) >= 11 is 6.28. The van der Waals surface area contributed by atoms with Crippen LogP contribution in [0, 0.1) is 0 Å². The van der Waals surface area contributed by atoms with E-state index in [1.54, 1.807) is 48.5 Å². The lowest BCUT2D eigenvalue weighted by Crippen LogP contribution is -2.46. The predicted octanol–water partition coefficient (Wildman–Crippen LogP) is 2.69. The molecular weight excluding hydrogens is 400 g/mol. The van der Waals surface area contributed by atoms with E-state index in [1.807, 2.05) is 0 Å². The fourth-order valence-corrected chi connectivity index (χ4v) is 4.71. The van der Waals surface area contributed by atoms with Gasteiger partial charge in [-0.15, -0.1) is 0 Å². The third kappa shape index (κ3) is 3.56. The highest BCUT2D eigenvalue weighted by Gasteiger charge is 2.42. The van der Waals surface area contributed by atoms with Crippen molar-refractivity contribution in [2.75, 3.05) is 0 Å². The van der Waals surface area contributed by atoms with Crippen molar-refractivity contribution in [2.45, 2.75) is 28.2 Å². The number of amides is 1. The summed E-state index contributed by atoms with van der Waals surface area (Å²) in [5.74, 6) is -1.92. The van der Waals surface area contributed by atoms with Crippen molar-refractivity contribution in [3.05, 3.63) is 84.2 Å². The largest absolute Gasteiger partial charge is 0.379 e. The van der Waals surface area contributed by atoms with E-state index in [9.17, 15) is 18.3 Å². The van der Waals surface area contributed by atoms with Gasteiger partial charge in [0.25, 0.3) is 0 Å². The lowest BCUT2D eigenvalue weighted by atomic mass is 9.80. The first-order chi connectivity index (χ1) is 13.2. The van der Waals surface area contributed by atoms with Gasteiger partial charge in [0.2, 0.25) is 15.7 Å². The van der Waals surface area contributed by atoms with E-state index in [4.69, 9.17) is 17.5 Å². The first-order valence-corrected chi connectivity index (χ1v) is 10.2. The Balaban J connectivity index is 2.17. The molecule has 2 atom stereocenters. The standard InChI is InChI=1S/C20H19ClN2O4S/c1-20(25,19(22)24)18(14-8-4-2-5-9-14)17-12-16(13-23(17)21)28(26,27)15-10-6-3-7-11-15/h2-13,18,25H,1H3,(H2,22,24). The number of nitrogens with zero attached hydrogens (tertiary/aromatic N) is 1. The smallest absolute Gasteiger partial charge is 0.250 e. The Morgan fingerprint density at radius 1 is 1.07 bits per heavy atom. The van der Waals surface area contributed by atoms with Gasteiger partial charge in [-0.2, -0.15) is 0 Å². The number of primary amides is 1. The summed E-state index contributed by atoms with van der Waals surface area (Å²) in [5, 5.41) is 10.8. The van der Waals surface area contributed by atoms with Crippen LogP contribution >= 0.6 is 11.8 Å². The number of nitrogens with two attached hydrogens (primary N) is 1. The maximum Gasteiger partial charge on any atom is 0.250 e. The van der Waals surface area contributed by atoms with E-state index in [0.717, 1.165) is 4.09 Å². The number of hydrogen-bond acceptors (Lipinski definition) is 4. The molecule has 3 aromatic rings. The zero-order valence-electron chi connectivity index (χ0n) is 15.0. The van der Waals surface area contributed by atoms with Crippen molar-refractivity contribution < 1.29 is 18.3 Å². The number of carbonyl (C=O) groups is 1. The van der Waals surface area contributed by atoms with Crippen molar-refractivity contribution >= 4 is 27.5 Å². The molecule has 0 fully saturated rings. The monoisotopic (exact) mass is 418 g/mol. The fourth-order valence-electron chi connectivity index (χ4n) is 3.09. The van der Waals surface area contributed by atoms with Gasteiger partial charge in [-0.05, 0) is 30.7 Å². The summed E-state index contributed by atoms with van der Waals surface area (Å²) in [7, 11) is -3.83. The molecule has 0 aliphatic heterocycles. The van der Waals surface area contributed by atoms with Gasteiger partial charge >= 0.3 is 0 Å². The molecule has 2 aromatic carbocycles. The van der Waals surface area contributed by atoms with Crippen LogP contribution in [0.2, 0.25) is 0 Å². The highest BCUT2D eigenvalue weighted by Crippen LogP contribution is 2.37. The van der Waals surface area contributed by atoms with Crippen LogP contribution in [0.4, 0.5) is 0 Å². The van der Waals surface area contributed by atoms with Gasteiger partial charge in [0.15, 0.2) is 5.60 Å². The highest BCUT2D eigenvalue weighted by molar-refractivity contribution is 7.91. The minimum absolute atomic E-state index is 0.0510. The Labute approximate surface area is 168 Å². The van der Waals surface area contributed by atoms with Gasteiger partial charge in [-0.3, -0.25) is 8.88 Å². The Morgan fingerprint density at radius 3 is 2.14 bits per heavy atom. The topological polar surface area (TPSA) is 102 Å².